The standard InChI is InChI=1S/C26H21BrCl2N2O3S2/c1-30(2)18-6-8-19(9-7-18)31-25(32)23(36-26(31)35)12-15-10-20(27)24(22(11-15)33-3)34-14-16-4-5-17(28)13-21(16)29/h4-13H,14H2,1-3H3. The van der Waals surface area contributed by atoms with Crippen LogP contribution >= 0.6 is 63.1 Å². The average Bonchev–Trinajstić information content (AvgIpc) is 3.11. The fourth-order valence-corrected chi connectivity index (χ4v) is 5.83. The largest absolute Gasteiger partial charge is 0.493 e. The minimum absolute atomic E-state index is 0.171. The second-order valence-electron chi connectivity index (χ2n) is 7.99. The summed E-state index contributed by atoms with van der Waals surface area (Å²) in [5.74, 6) is 0.861. The normalized spacial score (nSPS) is 14.5. The van der Waals surface area contributed by atoms with Gasteiger partial charge in [0.1, 0.15) is 6.61 Å². The first kappa shape index (κ1) is 26.8. The number of hydrogen-bond donors (Lipinski definition) is 0. The van der Waals surface area contributed by atoms with Crippen molar-refractivity contribution < 1.29 is 14.3 Å². The monoisotopic (exact) mass is 622 g/mol. The number of benzene rings is 3. The topological polar surface area (TPSA) is 42.0 Å². The second kappa shape index (κ2) is 11.4. The summed E-state index contributed by atoms with van der Waals surface area (Å²) in [6.07, 6.45) is 1.79. The zero-order valence-electron chi connectivity index (χ0n) is 19.6. The molecule has 4 rings (SSSR count). The first-order valence-electron chi connectivity index (χ1n) is 10.7. The summed E-state index contributed by atoms with van der Waals surface area (Å²) in [6, 6.07) is 16.6. The van der Waals surface area contributed by atoms with Gasteiger partial charge in [-0.3, -0.25) is 9.69 Å². The summed E-state index contributed by atoms with van der Waals surface area (Å²) >= 11 is 22.6. The Bertz CT molecular complexity index is 1360. The number of carbonyl (C=O) groups excluding carboxylic acids is 1. The molecule has 0 spiro atoms. The predicted molar refractivity (Wildman–Crippen MR) is 158 cm³/mol. The van der Waals surface area contributed by atoms with E-state index in [1.54, 1.807) is 30.2 Å². The summed E-state index contributed by atoms with van der Waals surface area (Å²) in [6.45, 7) is 0.232. The molecule has 1 aliphatic heterocycles. The van der Waals surface area contributed by atoms with Crippen molar-refractivity contribution in [2.45, 2.75) is 6.61 Å². The summed E-state index contributed by atoms with van der Waals surface area (Å²) in [5, 5.41) is 1.08. The molecule has 0 aliphatic carbocycles. The maximum atomic E-state index is 13.2. The van der Waals surface area contributed by atoms with E-state index in [1.807, 2.05) is 61.5 Å². The molecule has 10 heteroatoms. The number of carbonyl (C=O) groups is 1. The molecule has 36 heavy (non-hydrogen) atoms. The van der Waals surface area contributed by atoms with Crippen molar-refractivity contribution in [2.75, 3.05) is 31.0 Å². The number of hydrogen-bond acceptors (Lipinski definition) is 6. The Morgan fingerprint density at radius 2 is 1.83 bits per heavy atom. The van der Waals surface area contributed by atoms with Crippen LogP contribution in [0.1, 0.15) is 11.1 Å². The fraction of sp³-hybridized carbons (Fsp3) is 0.154. The van der Waals surface area contributed by atoms with Crippen LogP contribution in [-0.2, 0) is 11.4 Å². The molecule has 1 saturated heterocycles. The van der Waals surface area contributed by atoms with Crippen LogP contribution in [0.2, 0.25) is 10.0 Å². The number of anilines is 2. The quantitative estimate of drug-likeness (QED) is 0.197. The molecule has 3 aromatic rings. The number of nitrogens with zero attached hydrogens (tertiary/aromatic N) is 2. The minimum atomic E-state index is -0.171. The molecule has 1 aliphatic rings. The molecule has 5 nitrogen and oxygen atoms in total. The van der Waals surface area contributed by atoms with Crippen molar-refractivity contribution in [2.24, 2.45) is 0 Å². The summed E-state index contributed by atoms with van der Waals surface area (Å²) in [4.78, 5) is 17.3. The third-order valence-corrected chi connectivity index (χ3v) is 7.83. The zero-order chi connectivity index (χ0) is 26.0. The minimum Gasteiger partial charge on any atom is -0.493 e. The lowest BCUT2D eigenvalue weighted by atomic mass is 10.1. The molecule has 0 aromatic heterocycles. The van der Waals surface area contributed by atoms with Crippen molar-refractivity contribution in [1.82, 2.24) is 0 Å². The van der Waals surface area contributed by atoms with E-state index in [-0.39, 0.29) is 12.5 Å². The Hall–Kier alpha value is -2.23. The van der Waals surface area contributed by atoms with Gasteiger partial charge < -0.3 is 14.4 Å². The predicted octanol–water partition coefficient (Wildman–Crippen LogP) is 7.82. The molecular formula is C26H21BrCl2N2O3S2. The van der Waals surface area contributed by atoms with Crippen LogP contribution in [-0.4, -0.2) is 31.4 Å². The first-order chi connectivity index (χ1) is 17.2. The molecule has 1 heterocycles. The highest BCUT2D eigenvalue weighted by molar-refractivity contribution is 9.10. The van der Waals surface area contributed by atoms with Gasteiger partial charge in [-0.25, -0.2) is 0 Å². The molecule has 186 valence electrons. The van der Waals surface area contributed by atoms with Crippen molar-refractivity contribution in [3.63, 3.8) is 0 Å². The Labute approximate surface area is 238 Å². The van der Waals surface area contributed by atoms with Gasteiger partial charge >= 0.3 is 0 Å². The number of amides is 1. The van der Waals surface area contributed by atoms with Crippen LogP contribution in [0.25, 0.3) is 6.08 Å². The van der Waals surface area contributed by atoms with Crippen LogP contribution < -0.4 is 19.3 Å². The molecule has 1 amide bonds. The molecule has 0 atom stereocenters. The SMILES string of the molecule is COc1cc(C=C2SC(=S)N(c3ccc(N(C)C)cc3)C2=O)cc(Br)c1OCc1ccc(Cl)cc1Cl. The molecule has 0 saturated carbocycles. The summed E-state index contributed by atoms with van der Waals surface area (Å²) in [7, 11) is 5.49. The highest BCUT2D eigenvalue weighted by Crippen LogP contribution is 2.41. The van der Waals surface area contributed by atoms with Crippen LogP contribution in [0.5, 0.6) is 11.5 Å². The van der Waals surface area contributed by atoms with Crippen LogP contribution in [0, 0.1) is 0 Å². The van der Waals surface area contributed by atoms with Gasteiger partial charge in [0.15, 0.2) is 15.8 Å². The molecule has 0 radical (unpaired) electrons. The number of thiocarbonyl (C=S) groups is 1. The van der Waals surface area contributed by atoms with Gasteiger partial charge in [0, 0.05) is 35.4 Å². The Morgan fingerprint density at radius 3 is 2.47 bits per heavy atom. The molecule has 0 N–H and O–H groups in total. The van der Waals surface area contributed by atoms with E-state index in [9.17, 15) is 4.79 Å². The van der Waals surface area contributed by atoms with E-state index in [2.05, 4.69) is 15.9 Å². The molecule has 3 aromatic carbocycles. The van der Waals surface area contributed by atoms with Crippen LogP contribution in [0.15, 0.2) is 64.0 Å². The van der Waals surface area contributed by atoms with E-state index in [0.717, 1.165) is 22.5 Å². The number of methoxy groups -OCH3 is 1. The second-order valence-corrected chi connectivity index (χ2v) is 11.4. The van der Waals surface area contributed by atoms with E-state index >= 15 is 0 Å². The average molecular weight is 624 g/mol. The molecule has 1 fully saturated rings. The molecule has 0 bridgehead atoms. The third kappa shape index (κ3) is 5.84. The number of ether oxygens (including phenoxy) is 2. The summed E-state index contributed by atoms with van der Waals surface area (Å²) < 4.78 is 12.7. The van der Waals surface area contributed by atoms with Gasteiger partial charge in [0.2, 0.25) is 0 Å². The summed E-state index contributed by atoms with van der Waals surface area (Å²) in [5.41, 5.74) is 3.33. The van der Waals surface area contributed by atoms with E-state index in [0.29, 0.717) is 35.2 Å². The van der Waals surface area contributed by atoms with Crippen molar-refractivity contribution in [3.05, 3.63) is 85.1 Å². The maximum absolute atomic E-state index is 13.2. The maximum Gasteiger partial charge on any atom is 0.270 e. The smallest absolute Gasteiger partial charge is 0.270 e. The van der Waals surface area contributed by atoms with Gasteiger partial charge in [0.05, 0.1) is 22.2 Å². The van der Waals surface area contributed by atoms with Crippen LogP contribution in [0.3, 0.4) is 0 Å². The molecular weight excluding hydrogens is 603 g/mol. The highest BCUT2D eigenvalue weighted by Gasteiger charge is 2.33. The van der Waals surface area contributed by atoms with Gasteiger partial charge in [-0.2, -0.15) is 0 Å². The van der Waals surface area contributed by atoms with Crippen molar-refractivity contribution >= 4 is 90.8 Å². The Morgan fingerprint density at radius 1 is 1.11 bits per heavy atom. The van der Waals surface area contributed by atoms with Crippen molar-refractivity contribution in [3.8, 4) is 11.5 Å². The van der Waals surface area contributed by atoms with E-state index in [1.165, 1.54) is 11.8 Å². The number of halogens is 3. The van der Waals surface area contributed by atoms with E-state index < -0.39 is 0 Å². The fourth-order valence-electron chi connectivity index (χ4n) is 3.49. The van der Waals surface area contributed by atoms with Crippen molar-refractivity contribution in [1.29, 1.82) is 0 Å². The molecule has 0 unspecified atom stereocenters. The zero-order valence-corrected chi connectivity index (χ0v) is 24.3. The Kier molecular flexibility index (Phi) is 8.52. The third-order valence-electron chi connectivity index (χ3n) is 5.35. The lowest BCUT2D eigenvalue weighted by Gasteiger charge is -2.17. The lowest BCUT2D eigenvalue weighted by Crippen LogP contribution is -2.27. The first-order valence-corrected chi connectivity index (χ1v) is 13.4. The lowest BCUT2D eigenvalue weighted by molar-refractivity contribution is -0.113. The van der Waals surface area contributed by atoms with Gasteiger partial charge in [0.25, 0.3) is 5.91 Å². The van der Waals surface area contributed by atoms with Gasteiger partial charge in [-0.1, -0.05) is 53.2 Å². The van der Waals surface area contributed by atoms with Gasteiger partial charge in [-0.15, -0.1) is 0 Å². The number of rotatable bonds is 7. The highest BCUT2D eigenvalue weighted by atomic mass is 79.9. The number of thioether (sulfide) groups is 1. The van der Waals surface area contributed by atoms with Crippen LogP contribution in [0.4, 0.5) is 11.4 Å². The van der Waals surface area contributed by atoms with Gasteiger partial charge in [-0.05, 0) is 76.1 Å². The van der Waals surface area contributed by atoms with E-state index in [4.69, 9.17) is 44.9 Å². The Balaban J connectivity index is 1.56.